The number of nitrogens with zero attached hydrogens (tertiary/aromatic N) is 3. The number of allylic oxidation sites excluding steroid dienone is 1. The van der Waals surface area contributed by atoms with Crippen LogP contribution in [0.1, 0.15) is 6.92 Å². The first-order valence-corrected chi connectivity index (χ1v) is 4.74. The lowest BCUT2D eigenvalue weighted by molar-refractivity contribution is -0.419. The molecule has 0 saturated carbocycles. The first-order valence-electron chi connectivity index (χ1n) is 4.23. The Hall–Kier alpha value is -1.22. The molecule has 0 spiro atoms. The van der Waals surface area contributed by atoms with Gasteiger partial charge in [0.15, 0.2) is 0 Å². The van der Waals surface area contributed by atoms with E-state index in [1.807, 2.05) is 13.0 Å². The largest absolute Gasteiger partial charge is 0.275 e. The van der Waals surface area contributed by atoms with Gasteiger partial charge in [-0.25, -0.2) is 0 Å². The molecule has 0 amide bonds. The van der Waals surface area contributed by atoms with E-state index in [9.17, 15) is 10.1 Å². The number of hydrazone groups is 1. The van der Waals surface area contributed by atoms with E-state index in [0.29, 0.717) is 0 Å². The zero-order valence-electron chi connectivity index (χ0n) is 7.62. The van der Waals surface area contributed by atoms with Crippen molar-refractivity contribution in [2.45, 2.75) is 13.0 Å². The maximum absolute atomic E-state index is 10.6. The van der Waals surface area contributed by atoms with Crippen molar-refractivity contribution >= 4 is 15.1 Å². The molecule has 74 valence electrons. The maximum atomic E-state index is 10.6. The summed E-state index contributed by atoms with van der Waals surface area (Å²) in [7, 11) is 2.50. The number of hydrogen-bond donors (Lipinski definition) is 0. The van der Waals surface area contributed by atoms with Crippen molar-refractivity contribution in [3.63, 3.8) is 0 Å². The smallest absolute Gasteiger partial charge is 0.265 e. The Bertz CT molecular complexity index is 375. The molecule has 0 radical (unpaired) electrons. The fraction of sp³-hybridized carbons (Fsp3) is 0.375. The third kappa shape index (κ3) is 1.34. The molecule has 5 nitrogen and oxygen atoms in total. The summed E-state index contributed by atoms with van der Waals surface area (Å²) in [6.45, 7) is 1.88. The molecule has 3 unspecified atom stereocenters. The predicted molar refractivity (Wildman–Crippen MR) is 56.2 cm³/mol. The first kappa shape index (κ1) is 9.34. The molecular formula is C8H10N3O2P. The van der Waals surface area contributed by atoms with Crippen LogP contribution in [0.2, 0.25) is 0 Å². The molecule has 2 aliphatic rings. The fourth-order valence-corrected chi connectivity index (χ4v) is 2.18. The van der Waals surface area contributed by atoms with Crippen LogP contribution >= 0.6 is 9.39 Å². The highest BCUT2D eigenvalue weighted by atomic mass is 31.0. The van der Waals surface area contributed by atoms with Crippen LogP contribution in [0.3, 0.4) is 0 Å². The third-order valence-corrected chi connectivity index (χ3v) is 2.91. The lowest BCUT2D eigenvalue weighted by Gasteiger charge is -2.21. The van der Waals surface area contributed by atoms with Crippen molar-refractivity contribution in [1.82, 2.24) is 4.78 Å². The maximum Gasteiger partial charge on any atom is 0.265 e. The SMILES string of the molecule is CC1=NN(P)C2C=CC([N+](=O)[O-])=CC12. The van der Waals surface area contributed by atoms with Crippen LogP contribution in [0.5, 0.6) is 0 Å². The Kier molecular flexibility index (Phi) is 2.11. The standard InChI is InChI=1S/C8H10N3O2P/c1-5-7-4-6(11(12)13)2-3-8(7)10(14)9-5/h2-4,7-8H,14H2,1H3. The third-order valence-electron chi connectivity index (χ3n) is 2.45. The first-order chi connectivity index (χ1) is 6.59. The lowest BCUT2D eigenvalue weighted by atomic mass is 9.92. The summed E-state index contributed by atoms with van der Waals surface area (Å²) in [6.07, 6.45) is 5.01. The molecule has 2 rings (SSSR count). The van der Waals surface area contributed by atoms with E-state index < -0.39 is 0 Å². The highest BCUT2D eigenvalue weighted by Gasteiger charge is 2.34. The van der Waals surface area contributed by atoms with E-state index >= 15 is 0 Å². The van der Waals surface area contributed by atoms with Crippen molar-refractivity contribution in [2.75, 3.05) is 0 Å². The van der Waals surface area contributed by atoms with Crippen molar-refractivity contribution in [1.29, 1.82) is 0 Å². The van der Waals surface area contributed by atoms with Gasteiger partial charge < -0.3 is 0 Å². The normalized spacial score (nSPS) is 29.7. The zero-order valence-corrected chi connectivity index (χ0v) is 8.78. The summed E-state index contributed by atoms with van der Waals surface area (Å²) in [5.74, 6) is 0.0397. The fourth-order valence-electron chi connectivity index (χ4n) is 1.71. The van der Waals surface area contributed by atoms with Crippen LogP contribution in [-0.4, -0.2) is 21.5 Å². The molecule has 0 fully saturated rings. The Morgan fingerprint density at radius 1 is 1.71 bits per heavy atom. The molecule has 3 atom stereocenters. The second kappa shape index (κ2) is 3.17. The minimum absolute atomic E-state index is 0.0397. The molecular weight excluding hydrogens is 201 g/mol. The molecule has 6 heteroatoms. The van der Waals surface area contributed by atoms with Crippen LogP contribution in [0, 0.1) is 16.0 Å². The second-order valence-electron chi connectivity index (χ2n) is 3.35. The highest BCUT2D eigenvalue weighted by Crippen LogP contribution is 2.31. The molecule has 1 aliphatic carbocycles. The molecule has 0 N–H and O–H groups in total. The average molecular weight is 211 g/mol. The minimum Gasteiger partial charge on any atom is -0.275 e. The Balaban J connectivity index is 2.31. The van der Waals surface area contributed by atoms with Gasteiger partial charge in [0.25, 0.3) is 5.70 Å². The van der Waals surface area contributed by atoms with E-state index in [2.05, 4.69) is 14.5 Å². The summed E-state index contributed by atoms with van der Waals surface area (Å²) < 4.78 is 1.75. The molecule has 0 aromatic heterocycles. The summed E-state index contributed by atoms with van der Waals surface area (Å²) in [5, 5.41) is 14.8. The summed E-state index contributed by atoms with van der Waals surface area (Å²) in [5.41, 5.74) is 1.06. The number of hydrogen-bond acceptors (Lipinski definition) is 4. The molecule has 0 saturated heterocycles. The monoisotopic (exact) mass is 211 g/mol. The average Bonchev–Trinajstić information content (AvgIpc) is 2.42. The van der Waals surface area contributed by atoms with Gasteiger partial charge in [0, 0.05) is 23.8 Å². The van der Waals surface area contributed by atoms with Crippen molar-refractivity contribution in [2.24, 2.45) is 11.0 Å². The van der Waals surface area contributed by atoms with Crippen LogP contribution < -0.4 is 0 Å². The summed E-state index contributed by atoms with van der Waals surface area (Å²) in [6, 6.07) is 0.115. The lowest BCUT2D eigenvalue weighted by Crippen LogP contribution is -2.27. The van der Waals surface area contributed by atoms with E-state index in [0.717, 1.165) is 5.71 Å². The number of nitro groups is 1. The van der Waals surface area contributed by atoms with Gasteiger partial charge in [-0.05, 0) is 16.3 Å². The van der Waals surface area contributed by atoms with E-state index in [1.165, 1.54) is 6.08 Å². The van der Waals surface area contributed by atoms with Gasteiger partial charge in [-0.1, -0.05) is 6.08 Å². The topological polar surface area (TPSA) is 58.7 Å². The van der Waals surface area contributed by atoms with Gasteiger partial charge in [0.1, 0.15) is 0 Å². The van der Waals surface area contributed by atoms with Crippen LogP contribution in [-0.2, 0) is 0 Å². The van der Waals surface area contributed by atoms with Gasteiger partial charge in [-0.2, -0.15) is 5.10 Å². The molecule has 0 aromatic rings. The number of rotatable bonds is 1. The van der Waals surface area contributed by atoms with Crippen LogP contribution in [0.15, 0.2) is 29.0 Å². The molecule has 14 heavy (non-hydrogen) atoms. The van der Waals surface area contributed by atoms with Gasteiger partial charge in [0.05, 0.1) is 11.0 Å². The van der Waals surface area contributed by atoms with E-state index in [1.54, 1.807) is 10.9 Å². The Labute approximate surface area is 83.6 Å². The molecule has 1 heterocycles. The van der Waals surface area contributed by atoms with Gasteiger partial charge in [-0.3, -0.25) is 14.9 Å². The van der Waals surface area contributed by atoms with Crippen molar-refractivity contribution < 1.29 is 4.92 Å². The molecule has 1 aliphatic heterocycles. The van der Waals surface area contributed by atoms with E-state index in [4.69, 9.17) is 0 Å². The predicted octanol–water partition coefficient (Wildman–Crippen LogP) is 1.18. The van der Waals surface area contributed by atoms with E-state index in [-0.39, 0.29) is 22.6 Å². The van der Waals surface area contributed by atoms with Crippen LogP contribution in [0.25, 0.3) is 0 Å². The number of fused-ring (bicyclic) bond motifs is 1. The van der Waals surface area contributed by atoms with Gasteiger partial charge in [-0.15, -0.1) is 0 Å². The second-order valence-corrected chi connectivity index (χ2v) is 3.87. The van der Waals surface area contributed by atoms with Gasteiger partial charge in [0.2, 0.25) is 0 Å². The zero-order chi connectivity index (χ0) is 10.3. The quantitative estimate of drug-likeness (QED) is 0.371. The molecule has 0 aromatic carbocycles. The summed E-state index contributed by atoms with van der Waals surface area (Å²) in [4.78, 5) is 10.2. The Morgan fingerprint density at radius 3 is 3.07 bits per heavy atom. The summed E-state index contributed by atoms with van der Waals surface area (Å²) >= 11 is 0. The van der Waals surface area contributed by atoms with Crippen LogP contribution in [0.4, 0.5) is 0 Å². The van der Waals surface area contributed by atoms with Gasteiger partial charge >= 0.3 is 0 Å². The van der Waals surface area contributed by atoms with Crippen molar-refractivity contribution in [3.05, 3.63) is 34.0 Å². The molecule has 0 bridgehead atoms. The van der Waals surface area contributed by atoms with Crippen molar-refractivity contribution in [3.8, 4) is 0 Å². The minimum atomic E-state index is -0.370. The highest BCUT2D eigenvalue weighted by molar-refractivity contribution is 7.13. The Morgan fingerprint density at radius 2 is 2.43 bits per heavy atom.